The van der Waals surface area contributed by atoms with Gasteiger partial charge in [0.15, 0.2) is 0 Å². The van der Waals surface area contributed by atoms with E-state index in [1.54, 1.807) is 6.07 Å². The summed E-state index contributed by atoms with van der Waals surface area (Å²) in [5.41, 5.74) is -3.87. The van der Waals surface area contributed by atoms with E-state index >= 15 is 0 Å². The lowest BCUT2D eigenvalue weighted by Gasteiger charge is -2.11. The van der Waals surface area contributed by atoms with Gasteiger partial charge < -0.3 is 4.74 Å². The number of thioether (sulfide) groups is 1. The second kappa shape index (κ2) is 6.47. The maximum atomic E-state index is 12.3. The molecule has 0 aliphatic heterocycles. The molecule has 0 bridgehead atoms. The van der Waals surface area contributed by atoms with E-state index < -0.39 is 11.5 Å². The first-order valence-corrected chi connectivity index (χ1v) is 6.54. The molecule has 0 aromatic heterocycles. The van der Waals surface area contributed by atoms with Crippen LogP contribution in [0.1, 0.15) is 12.0 Å². The van der Waals surface area contributed by atoms with Crippen LogP contribution < -0.4 is 0 Å². The van der Waals surface area contributed by atoms with Crippen LogP contribution in [0.2, 0.25) is 0 Å². The maximum Gasteiger partial charge on any atom is 0.446 e. The standard InChI is InChI=1S/C11H10BrF3O2S/c1-17-10(16)5-2-7-6-8(12)3-4-9(7)18-11(13,14)15/h3-4,6H,2,5H2,1H3. The minimum atomic E-state index is -4.34. The second-order valence-electron chi connectivity index (χ2n) is 3.38. The third-order valence-electron chi connectivity index (χ3n) is 2.07. The van der Waals surface area contributed by atoms with E-state index in [-0.39, 0.29) is 29.5 Å². The van der Waals surface area contributed by atoms with Crippen molar-refractivity contribution in [3.63, 3.8) is 0 Å². The van der Waals surface area contributed by atoms with Gasteiger partial charge in [0, 0.05) is 15.8 Å². The van der Waals surface area contributed by atoms with Crippen molar-refractivity contribution >= 4 is 33.7 Å². The summed E-state index contributed by atoms with van der Waals surface area (Å²) in [4.78, 5) is 11.1. The molecule has 0 aliphatic rings. The molecular weight excluding hydrogens is 333 g/mol. The van der Waals surface area contributed by atoms with E-state index in [9.17, 15) is 18.0 Å². The average Bonchev–Trinajstić information content (AvgIpc) is 2.27. The molecule has 0 aliphatic carbocycles. The second-order valence-corrected chi connectivity index (χ2v) is 5.40. The highest BCUT2D eigenvalue weighted by atomic mass is 79.9. The van der Waals surface area contributed by atoms with Crippen molar-refractivity contribution in [1.82, 2.24) is 0 Å². The fraction of sp³-hybridized carbons (Fsp3) is 0.364. The Morgan fingerprint density at radius 3 is 2.67 bits per heavy atom. The first kappa shape index (κ1) is 15.4. The van der Waals surface area contributed by atoms with E-state index in [4.69, 9.17) is 0 Å². The van der Waals surface area contributed by atoms with Crippen molar-refractivity contribution in [2.75, 3.05) is 7.11 Å². The monoisotopic (exact) mass is 342 g/mol. The molecule has 0 atom stereocenters. The van der Waals surface area contributed by atoms with Crippen molar-refractivity contribution < 1.29 is 22.7 Å². The summed E-state index contributed by atoms with van der Waals surface area (Å²) in [5, 5.41) is 0. The highest BCUT2D eigenvalue weighted by Crippen LogP contribution is 2.39. The van der Waals surface area contributed by atoms with Gasteiger partial charge in [-0.05, 0) is 41.9 Å². The summed E-state index contributed by atoms with van der Waals surface area (Å²) in [6, 6.07) is 4.50. The molecule has 0 radical (unpaired) electrons. The van der Waals surface area contributed by atoms with Crippen LogP contribution in [0.4, 0.5) is 13.2 Å². The van der Waals surface area contributed by atoms with Gasteiger partial charge in [0.1, 0.15) is 0 Å². The van der Waals surface area contributed by atoms with E-state index in [1.807, 2.05) is 0 Å². The molecule has 0 N–H and O–H groups in total. The molecule has 0 unspecified atom stereocenters. The number of methoxy groups -OCH3 is 1. The number of carbonyl (C=O) groups is 1. The van der Waals surface area contributed by atoms with E-state index in [0.717, 1.165) is 0 Å². The number of hydrogen-bond acceptors (Lipinski definition) is 3. The fourth-order valence-corrected chi connectivity index (χ4v) is 2.39. The number of alkyl halides is 3. The van der Waals surface area contributed by atoms with Crippen molar-refractivity contribution in [1.29, 1.82) is 0 Å². The normalized spacial score (nSPS) is 11.4. The third kappa shape index (κ3) is 5.30. The topological polar surface area (TPSA) is 26.3 Å². The van der Waals surface area contributed by atoms with Crippen LogP contribution in [0.3, 0.4) is 0 Å². The van der Waals surface area contributed by atoms with E-state index in [0.29, 0.717) is 10.0 Å². The molecule has 0 amide bonds. The Balaban J connectivity index is 2.86. The van der Waals surface area contributed by atoms with Crippen LogP contribution in [-0.4, -0.2) is 18.6 Å². The predicted octanol–water partition coefficient (Wildman–Crippen LogP) is 4.17. The minimum Gasteiger partial charge on any atom is -0.469 e. The predicted molar refractivity (Wildman–Crippen MR) is 66.4 cm³/mol. The summed E-state index contributed by atoms with van der Waals surface area (Å²) in [6.45, 7) is 0. The maximum absolute atomic E-state index is 12.3. The highest BCUT2D eigenvalue weighted by molar-refractivity contribution is 9.10. The molecule has 0 saturated heterocycles. The smallest absolute Gasteiger partial charge is 0.446 e. The Labute approximate surface area is 115 Å². The Kier molecular flexibility index (Phi) is 5.52. The van der Waals surface area contributed by atoms with Crippen molar-refractivity contribution in [2.24, 2.45) is 0 Å². The van der Waals surface area contributed by atoms with Gasteiger partial charge in [-0.15, -0.1) is 0 Å². The zero-order valence-electron chi connectivity index (χ0n) is 9.38. The Bertz CT molecular complexity index is 435. The van der Waals surface area contributed by atoms with Crippen molar-refractivity contribution in [3.05, 3.63) is 28.2 Å². The van der Waals surface area contributed by atoms with Crippen LogP contribution in [0.25, 0.3) is 0 Å². The summed E-state index contributed by atoms with van der Waals surface area (Å²) in [7, 11) is 1.24. The van der Waals surface area contributed by atoms with Crippen LogP contribution in [0, 0.1) is 0 Å². The number of aryl methyl sites for hydroxylation is 1. The lowest BCUT2D eigenvalue weighted by molar-refractivity contribution is -0.140. The van der Waals surface area contributed by atoms with Crippen LogP contribution in [-0.2, 0) is 16.0 Å². The van der Waals surface area contributed by atoms with Gasteiger partial charge in [0.2, 0.25) is 0 Å². The summed E-state index contributed by atoms with van der Waals surface area (Å²) >= 11 is 3.02. The van der Waals surface area contributed by atoms with Crippen molar-refractivity contribution in [3.8, 4) is 0 Å². The average molecular weight is 343 g/mol. The number of rotatable bonds is 4. The number of benzene rings is 1. The zero-order chi connectivity index (χ0) is 13.8. The van der Waals surface area contributed by atoms with Gasteiger partial charge >= 0.3 is 11.5 Å². The minimum absolute atomic E-state index is 0.0539. The number of hydrogen-bond donors (Lipinski definition) is 0. The van der Waals surface area contributed by atoms with Gasteiger partial charge in [-0.2, -0.15) is 13.2 Å². The molecule has 100 valence electrons. The molecule has 2 nitrogen and oxygen atoms in total. The molecule has 0 fully saturated rings. The van der Waals surface area contributed by atoms with E-state index in [2.05, 4.69) is 20.7 Å². The van der Waals surface area contributed by atoms with Gasteiger partial charge in [-0.3, -0.25) is 4.79 Å². The Hall–Kier alpha value is -0.690. The first-order valence-electron chi connectivity index (χ1n) is 4.93. The molecule has 7 heteroatoms. The molecule has 0 spiro atoms. The molecule has 1 rings (SSSR count). The molecule has 1 aromatic rings. The van der Waals surface area contributed by atoms with Crippen LogP contribution in [0.5, 0.6) is 0 Å². The lowest BCUT2D eigenvalue weighted by Crippen LogP contribution is -2.05. The third-order valence-corrected chi connectivity index (χ3v) is 3.42. The molecular formula is C11H10BrF3O2S. The van der Waals surface area contributed by atoms with Gasteiger partial charge in [-0.1, -0.05) is 15.9 Å². The summed E-state index contributed by atoms with van der Waals surface area (Å²) < 4.78 is 42.2. The fourth-order valence-electron chi connectivity index (χ4n) is 1.31. The van der Waals surface area contributed by atoms with Gasteiger partial charge in [0.05, 0.1) is 7.11 Å². The molecule has 0 saturated carbocycles. The quantitative estimate of drug-likeness (QED) is 0.606. The zero-order valence-corrected chi connectivity index (χ0v) is 11.8. The SMILES string of the molecule is COC(=O)CCc1cc(Br)ccc1SC(F)(F)F. The summed E-state index contributed by atoms with van der Waals surface area (Å²) in [6.07, 6.45) is 0.267. The van der Waals surface area contributed by atoms with Crippen molar-refractivity contribution in [2.45, 2.75) is 23.2 Å². The summed E-state index contributed by atoms with van der Waals surface area (Å²) in [5.74, 6) is -0.446. The molecule has 0 heterocycles. The highest BCUT2D eigenvalue weighted by Gasteiger charge is 2.30. The van der Waals surface area contributed by atoms with Gasteiger partial charge in [0.25, 0.3) is 0 Å². The number of halogens is 4. The molecule has 18 heavy (non-hydrogen) atoms. The number of carbonyl (C=O) groups excluding carboxylic acids is 1. The Morgan fingerprint density at radius 2 is 2.11 bits per heavy atom. The van der Waals surface area contributed by atoms with Gasteiger partial charge in [-0.25, -0.2) is 0 Å². The molecule has 1 aromatic carbocycles. The first-order chi connectivity index (χ1) is 8.31. The Morgan fingerprint density at radius 1 is 1.44 bits per heavy atom. The number of ether oxygens (including phenoxy) is 1. The van der Waals surface area contributed by atoms with Crippen LogP contribution in [0.15, 0.2) is 27.6 Å². The number of esters is 1. The van der Waals surface area contributed by atoms with Crippen LogP contribution >= 0.6 is 27.7 Å². The van der Waals surface area contributed by atoms with E-state index in [1.165, 1.54) is 19.2 Å². The largest absolute Gasteiger partial charge is 0.469 e. The lowest BCUT2D eigenvalue weighted by atomic mass is 10.1.